The summed E-state index contributed by atoms with van der Waals surface area (Å²) in [4.78, 5) is 2.41. The zero-order valence-corrected chi connectivity index (χ0v) is 17.8. The first-order valence-corrected chi connectivity index (χ1v) is 11.2. The normalized spacial score (nSPS) is 16.0. The van der Waals surface area contributed by atoms with Crippen molar-refractivity contribution in [1.82, 2.24) is 24.7 Å². The number of anilines is 1. The zero-order valence-electron chi connectivity index (χ0n) is 16.2. The van der Waals surface area contributed by atoms with Crippen LogP contribution in [0.4, 0.5) is 5.82 Å². The van der Waals surface area contributed by atoms with Gasteiger partial charge < -0.3 is 10.1 Å². The fraction of sp³-hybridized carbons (Fsp3) is 0.286. The number of fused-ring (bicyclic) bond motifs is 1. The van der Waals surface area contributed by atoms with E-state index < -0.39 is 0 Å². The van der Waals surface area contributed by atoms with Gasteiger partial charge in [0.2, 0.25) is 0 Å². The largest absolute Gasteiger partial charge is 0.379 e. The number of morpholine rings is 1. The van der Waals surface area contributed by atoms with Gasteiger partial charge in [0.25, 0.3) is 0 Å². The molecule has 1 fully saturated rings. The molecule has 1 aliphatic rings. The van der Waals surface area contributed by atoms with Crippen LogP contribution in [0.15, 0.2) is 53.2 Å². The van der Waals surface area contributed by atoms with Gasteiger partial charge in [0.05, 0.1) is 19.3 Å². The number of hydrogen-bond acceptors (Lipinski definition) is 7. The molecular weight excluding hydrogens is 420 g/mol. The maximum Gasteiger partial charge on any atom is 0.186 e. The second kappa shape index (κ2) is 8.69. The molecule has 0 aliphatic carbocycles. The first kappa shape index (κ1) is 19.4. The SMILES string of the molecule is Clc1ccccc1C(CNc1ccc2nnc(-c3ccsc3)n2n1)N1CCOCC1. The summed E-state index contributed by atoms with van der Waals surface area (Å²) in [6.07, 6.45) is 0. The Balaban J connectivity index is 1.41. The highest BCUT2D eigenvalue weighted by Gasteiger charge is 2.24. The lowest BCUT2D eigenvalue weighted by atomic mass is 10.0. The molecule has 1 N–H and O–H groups in total. The summed E-state index contributed by atoms with van der Waals surface area (Å²) in [6, 6.07) is 14.0. The third-order valence-electron chi connectivity index (χ3n) is 5.27. The highest BCUT2D eigenvalue weighted by molar-refractivity contribution is 7.08. The third-order valence-corrected chi connectivity index (χ3v) is 6.30. The minimum atomic E-state index is 0.123. The number of hydrogen-bond donors (Lipinski definition) is 1. The number of nitrogens with one attached hydrogen (secondary N) is 1. The average molecular weight is 441 g/mol. The molecule has 30 heavy (non-hydrogen) atoms. The van der Waals surface area contributed by atoms with Gasteiger partial charge in [-0.2, -0.15) is 15.9 Å². The Labute approximate surface area is 183 Å². The summed E-state index contributed by atoms with van der Waals surface area (Å²) in [5, 5.41) is 21.6. The van der Waals surface area contributed by atoms with Gasteiger partial charge >= 0.3 is 0 Å². The van der Waals surface area contributed by atoms with Crippen LogP contribution < -0.4 is 5.32 Å². The van der Waals surface area contributed by atoms with E-state index in [-0.39, 0.29) is 6.04 Å². The molecule has 0 saturated carbocycles. The molecule has 1 saturated heterocycles. The molecule has 0 radical (unpaired) electrons. The van der Waals surface area contributed by atoms with E-state index in [9.17, 15) is 0 Å². The summed E-state index contributed by atoms with van der Waals surface area (Å²) < 4.78 is 7.32. The molecule has 7 nitrogen and oxygen atoms in total. The summed E-state index contributed by atoms with van der Waals surface area (Å²) >= 11 is 8.17. The van der Waals surface area contributed by atoms with Crippen LogP contribution in [0, 0.1) is 0 Å². The van der Waals surface area contributed by atoms with Crippen LogP contribution in [-0.2, 0) is 4.74 Å². The van der Waals surface area contributed by atoms with Crippen molar-refractivity contribution in [2.24, 2.45) is 0 Å². The Bertz CT molecular complexity index is 1130. The maximum atomic E-state index is 6.54. The van der Waals surface area contributed by atoms with Crippen molar-refractivity contribution in [3.63, 3.8) is 0 Å². The Morgan fingerprint density at radius 2 is 1.97 bits per heavy atom. The molecule has 3 aromatic heterocycles. The Morgan fingerprint density at radius 1 is 1.10 bits per heavy atom. The molecule has 1 aromatic carbocycles. The molecule has 5 rings (SSSR count). The van der Waals surface area contributed by atoms with Gasteiger partial charge in [-0.25, -0.2) is 0 Å². The first-order valence-electron chi connectivity index (χ1n) is 9.85. The molecule has 1 atom stereocenters. The predicted octanol–water partition coefficient (Wildman–Crippen LogP) is 3.99. The fourth-order valence-corrected chi connectivity index (χ4v) is 4.62. The second-order valence-corrected chi connectivity index (χ2v) is 8.28. The van der Waals surface area contributed by atoms with Crippen molar-refractivity contribution in [1.29, 1.82) is 0 Å². The van der Waals surface area contributed by atoms with Gasteiger partial charge in [0.1, 0.15) is 5.82 Å². The van der Waals surface area contributed by atoms with Crippen molar-refractivity contribution in [3.05, 3.63) is 63.8 Å². The number of aromatic nitrogens is 4. The third kappa shape index (κ3) is 3.91. The van der Waals surface area contributed by atoms with E-state index in [4.69, 9.17) is 21.4 Å². The molecular formula is C21H21ClN6OS. The van der Waals surface area contributed by atoms with E-state index >= 15 is 0 Å². The molecule has 4 aromatic rings. The summed E-state index contributed by atoms with van der Waals surface area (Å²) in [5.74, 6) is 1.51. The summed E-state index contributed by atoms with van der Waals surface area (Å²) in [6.45, 7) is 3.89. The van der Waals surface area contributed by atoms with Crippen LogP contribution in [-0.4, -0.2) is 57.6 Å². The Morgan fingerprint density at radius 3 is 2.77 bits per heavy atom. The number of ether oxygens (including phenoxy) is 1. The standard InChI is InChI=1S/C21H21ClN6OS/c22-17-4-2-1-3-16(17)18(27-8-10-29-11-9-27)13-23-19-5-6-20-24-25-21(28(20)26-19)15-7-12-30-14-15/h1-7,12,14,18H,8-11,13H2,(H,23,26). The molecule has 0 spiro atoms. The van der Waals surface area contributed by atoms with E-state index in [1.807, 2.05) is 47.2 Å². The molecule has 0 bridgehead atoms. The lowest BCUT2D eigenvalue weighted by molar-refractivity contribution is 0.0187. The van der Waals surface area contributed by atoms with E-state index in [1.54, 1.807) is 15.9 Å². The van der Waals surface area contributed by atoms with Gasteiger partial charge in [-0.3, -0.25) is 4.90 Å². The Hall–Kier alpha value is -2.52. The maximum absolute atomic E-state index is 6.54. The average Bonchev–Trinajstić information content (AvgIpc) is 3.45. The molecule has 9 heteroatoms. The van der Waals surface area contributed by atoms with Gasteiger partial charge in [-0.1, -0.05) is 29.8 Å². The van der Waals surface area contributed by atoms with Crippen molar-refractivity contribution in [2.45, 2.75) is 6.04 Å². The Kier molecular flexibility index (Phi) is 5.63. The van der Waals surface area contributed by atoms with Crippen LogP contribution in [0.1, 0.15) is 11.6 Å². The quantitative estimate of drug-likeness (QED) is 0.489. The van der Waals surface area contributed by atoms with Gasteiger partial charge in [-0.05, 0) is 35.2 Å². The van der Waals surface area contributed by atoms with Crippen molar-refractivity contribution < 1.29 is 4.74 Å². The van der Waals surface area contributed by atoms with Gasteiger partial charge in [0, 0.05) is 35.6 Å². The number of halogens is 1. The summed E-state index contributed by atoms with van der Waals surface area (Å²) in [7, 11) is 0. The number of benzene rings is 1. The molecule has 1 aliphatic heterocycles. The lowest BCUT2D eigenvalue weighted by Crippen LogP contribution is -2.41. The van der Waals surface area contributed by atoms with Crippen LogP contribution in [0.2, 0.25) is 5.02 Å². The van der Waals surface area contributed by atoms with E-state index in [0.717, 1.165) is 59.7 Å². The van der Waals surface area contributed by atoms with E-state index in [1.165, 1.54) is 0 Å². The monoisotopic (exact) mass is 440 g/mol. The number of thiophene rings is 1. The minimum absolute atomic E-state index is 0.123. The zero-order chi connectivity index (χ0) is 20.3. The van der Waals surface area contributed by atoms with Crippen LogP contribution in [0.5, 0.6) is 0 Å². The van der Waals surface area contributed by atoms with Crippen molar-refractivity contribution in [3.8, 4) is 11.4 Å². The number of rotatable bonds is 6. The second-order valence-electron chi connectivity index (χ2n) is 7.09. The smallest absolute Gasteiger partial charge is 0.186 e. The molecule has 1 unspecified atom stereocenters. The van der Waals surface area contributed by atoms with E-state index in [2.05, 4.69) is 26.5 Å². The van der Waals surface area contributed by atoms with Crippen LogP contribution in [0.3, 0.4) is 0 Å². The molecule has 0 amide bonds. The highest BCUT2D eigenvalue weighted by Crippen LogP contribution is 2.29. The van der Waals surface area contributed by atoms with E-state index in [0.29, 0.717) is 6.54 Å². The lowest BCUT2D eigenvalue weighted by Gasteiger charge is -2.35. The predicted molar refractivity (Wildman–Crippen MR) is 119 cm³/mol. The van der Waals surface area contributed by atoms with Gasteiger partial charge in [-0.15, -0.1) is 15.3 Å². The topological polar surface area (TPSA) is 67.6 Å². The van der Waals surface area contributed by atoms with Crippen molar-refractivity contribution >= 4 is 34.4 Å². The highest BCUT2D eigenvalue weighted by atomic mass is 35.5. The molecule has 154 valence electrons. The molecule has 4 heterocycles. The van der Waals surface area contributed by atoms with Crippen LogP contribution in [0.25, 0.3) is 17.0 Å². The van der Waals surface area contributed by atoms with Gasteiger partial charge in [0.15, 0.2) is 11.5 Å². The van der Waals surface area contributed by atoms with Crippen LogP contribution >= 0.6 is 22.9 Å². The minimum Gasteiger partial charge on any atom is -0.379 e. The number of nitrogens with zero attached hydrogens (tertiary/aromatic N) is 5. The fourth-order valence-electron chi connectivity index (χ4n) is 3.73. The summed E-state index contributed by atoms with van der Waals surface area (Å²) in [5.41, 5.74) is 2.84. The first-order chi connectivity index (χ1) is 14.8. The van der Waals surface area contributed by atoms with Crippen molar-refractivity contribution in [2.75, 3.05) is 38.2 Å².